The fourth-order valence-corrected chi connectivity index (χ4v) is 2.13. The van der Waals surface area contributed by atoms with Gasteiger partial charge in [-0.15, -0.1) is 0 Å². The molecule has 18 heavy (non-hydrogen) atoms. The molecule has 1 rings (SSSR count). The second-order valence-corrected chi connectivity index (χ2v) is 5.67. The Morgan fingerprint density at radius 1 is 1.56 bits per heavy atom. The van der Waals surface area contributed by atoms with Crippen LogP contribution < -0.4 is 10.3 Å². The van der Waals surface area contributed by atoms with Crippen molar-refractivity contribution < 1.29 is 4.74 Å². The van der Waals surface area contributed by atoms with Gasteiger partial charge >= 0.3 is 0 Å². The number of pyridine rings is 1. The van der Waals surface area contributed by atoms with Crippen LogP contribution in [0.15, 0.2) is 21.5 Å². The third kappa shape index (κ3) is 3.88. The van der Waals surface area contributed by atoms with E-state index in [0.717, 1.165) is 17.3 Å². The van der Waals surface area contributed by atoms with Gasteiger partial charge in [0, 0.05) is 18.8 Å². The molecular formula is C13H17BrN2O2. The van der Waals surface area contributed by atoms with Crippen molar-refractivity contribution in [3.63, 3.8) is 0 Å². The number of aromatic nitrogens is 1. The van der Waals surface area contributed by atoms with Crippen molar-refractivity contribution in [2.45, 2.75) is 33.2 Å². The van der Waals surface area contributed by atoms with Crippen LogP contribution in [0.4, 0.5) is 0 Å². The van der Waals surface area contributed by atoms with Crippen LogP contribution in [0.25, 0.3) is 0 Å². The summed E-state index contributed by atoms with van der Waals surface area (Å²) >= 11 is 3.35. The molecule has 1 aromatic heterocycles. The maximum absolute atomic E-state index is 11.8. The van der Waals surface area contributed by atoms with Gasteiger partial charge in [0.2, 0.25) is 0 Å². The van der Waals surface area contributed by atoms with Gasteiger partial charge in [0.25, 0.3) is 5.56 Å². The Morgan fingerprint density at radius 3 is 2.78 bits per heavy atom. The standard InChI is InChI=1S/C13H17BrN2O2/c1-13(2,9-15)5-4-6-16-8-10(14)11(18-3)7-12(16)17/h7-8H,4-6H2,1-3H3. The minimum atomic E-state index is -0.340. The summed E-state index contributed by atoms with van der Waals surface area (Å²) < 4.78 is 7.43. The van der Waals surface area contributed by atoms with E-state index in [1.165, 1.54) is 13.2 Å². The highest BCUT2D eigenvalue weighted by molar-refractivity contribution is 9.10. The van der Waals surface area contributed by atoms with Crippen molar-refractivity contribution in [1.29, 1.82) is 5.26 Å². The lowest BCUT2D eigenvalue weighted by molar-refractivity contribution is 0.401. The summed E-state index contributed by atoms with van der Waals surface area (Å²) in [6, 6.07) is 3.71. The van der Waals surface area contributed by atoms with Crippen molar-refractivity contribution in [3.8, 4) is 11.8 Å². The second-order valence-electron chi connectivity index (χ2n) is 4.82. The van der Waals surface area contributed by atoms with E-state index in [2.05, 4.69) is 22.0 Å². The van der Waals surface area contributed by atoms with E-state index in [1.54, 1.807) is 10.8 Å². The highest BCUT2D eigenvalue weighted by Gasteiger charge is 2.16. The van der Waals surface area contributed by atoms with Crippen LogP contribution in [0.1, 0.15) is 26.7 Å². The zero-order chi connectivity index (χ0) is 13.8. The average molecular weight is 313 g/mol. The summed E-state index contributed by atoms with van der Waals surface area (Å²) in [5.41, 5.74) is -0.433. The molecule has 0 saturated heterocycles. The number of methoxy groups -OCH3 is 1. The highest BCUT2D eigenvalue weighted by atomic mass is 79.9. The van der Waals surface area contributed by atoms with Gasteiger partial charge in [-0.05, 0) is 42.6 Å². The van der Waals surface area contributed by atoms with Crippen LogP contribution >= 0.6 is 15.9 Å². The maximum Gasteiger partial charge on any atom is 0.254 e. The van der Waals surface area contributed by atoms with Crippen LogP contribution in [-0.2, 0) is 6.54 Å². The van der Waals surface area contributed by atoms with Gasteiger partial charge in [-0.3, -0.25) is 4.79 Å². The second kappa shape index (κ2) is 6.05. The van der Waals surface area contributed by atoms with Gasteiger partial charge in [-0.25, -0.2) is 0 Å². The number of aryl methyl sites for hydroxylation is 1. The Morgan fingerprint density at radius 2 is 2.22 bits per heavy atom. The lowest BCUT2D eigenvalue weighted by Gasteiger charge is -2.15. The molecule has 0 spiro atoms. The first kappa shape index (κ1) is 14.8. The number of rotatable bonds is 5. The molecule has 0 bridgehead atoms. The molecule has 0 aromatic carbocycles. The van der Waals surface area contributed by atoms with E-state index >= 15 is 0 Å². The lowest BCUT2D eigenvalue weighted by Crippen LogP contribution is -2.20. The minimum Gasteiger partial charge on any atom is -0.495 e. The number of hydrogen-bond donors (Lipinski definition) is 0. The van der Waals surface area contributed by atoms with Crippen molar-refractivity contribution >= 4 is 15.9 Å². The molecule has 0 N–H and O–H groups in total. The maximum atomic E-state index is 11.8. The number of nitriles is 1. The van der Waals surface area contributed by atoms with Crippen LogP contribution in [0.5, 0.6) is 5.75 Å². The molecule has 5 heteroatoms. The number of nitrogens with zero attached hydrogens (tertiary/aromatic N) is 2. The van der Waals surface area contributed by atoms with Crippen molar-refractivity contribution in [3.05, 3.63) is 27.1 Å². The first-order valence-electron chi connectivity index (χ1n) is 5.75. The molecule has 0 aliphatic carbocycles. The average Bonchev–Trinajstić information content (AvgIpc) is 2.33. The normalized spacial score (nSPS) is 11.1. The molecule has 0 unspecified atom stereocenters. The molecule has 0 aliphatic heterocycles. The predicted molar refractivity (Wildman–Crippen MR) is 73.6 cm³/mol. The molecular weight excluding hydrogens is 296 g/mol. The molecule has 0 amide bonds. The van der Waals surface area contributed by atoms with E-state index in [0.29, 0.717) is 12.3 Å². The molecule has 0 atom stereocenters. The molecule has 0 aliphatic rings. The summed E-state index contributed by atoms with van der Waals surface area (Å²) in [5, 5.41) is 8.92. The number of halogens is 1. The third-order valence-electron chi connectivity index (χ3n) is 2.77. The van der Waals surface area contributed by atoms with E-state index in [9.17, 15) is 4.79 Å². The van der Waals surface area contributed by atoms with Crippen molar-refractivity contribution in [1.82, 2.24) is 4.57 Å². The molecule has 4 nitrogen and oxygen atoms in total. The fraction of sp³-hybridized carbons (Fsp3) is 0.538. The van der Waals surface area contributed by atoms with Gasteiger partial charge < -0.3 is 9.30 Å². The van der Waals surface area contributed by atoms with Gasteiger partial charge in [0.05, 0.1) is 23.1 Å². The summed E-state index contributed by atoms with van der Waals surface area (Å²) in [6.45, 7) is 4.41. The highest BCUT2D eigenvalue weighted by Crippen LogP contribution is 2.23. The first-order valence-corrected chi connectivity index (χ1v) is 6.54. The van der Waals surface area contributed by atoms with E-state index in [1.807, 2.05) is 13.8 Å². The molecule has 0 fully saturated rings. The van der Waals surface area contributed by atoms with E-state index in [-0.39, 0.29) is 11.0 Å². The van der Waals surface area contributed by atoms with Gasteiger partial charge in [0.1, 0.15) is 5.75 Å². The quantitative estimate of drug-likeness (QED) is 0.840. The number of ether oxygens (including phenoxy) is 1. The minimum absolute atomic E-state index is 0.0928. The molecule has 98 valence electrons. The summed E-state index contributed by atoms with van der Waals surface area (Å²) in [7, 11) is 1.53. The summed E-state index contributed by atoms with van der Waals surface area (Å²) in [5.74, 6) is 0.536. The Hall–Kier alpha value is -1.28. The molecule has 1 heterocycles. The van der Waals surface area contributed by atoms with Crippen molar-refractivity contribution in [2.24, 2.45) is 5.41 Å². The zero-order valence-corrected chi connectivity index (χ0v) is 12.5. The Balaban J connectivity index is 2.73. The Kier molecular flexibility index (Phi) is 4.97. The Bertz CT molecular complexity index is 515. The largest absolute Gasteiger partial charge is 0.495 e. The van der Waals surface area contributed by atoms with E-state index in [4.69, 9.17) is 10.00 Å². The SMILES string of the molecule is COc1cc(=O)n(CCCC(C)(C)C#N)cc1Br. The zero-order valence-electron chi connectivity index (χ0n) is 10.9. The van der Waals surface area contributed by atoms with Gasteiger partial charge in [0.15, 0.2) is 0 Å². The van der Waals surface area contributed by atoms with Crippen molar-refractivity contribution in [2.75, 3.05) is 7.11 Å². The summed E-state index contributed by atoms with van der Waals surface area (Å²) in [4.78, 5) is 11.8. The van der Waals surface area contributed by atoms with Crippen LogP contribution in [-0.4, -0.2) is 11.7 Å². The fourth-order valence-electron chi connectivity index (χ4n) is 1.61. The molecule has 1 aromatic rings. The lowest BCUT2D eigenvalue weighted by atomic mass is 9.90. The smallest absolute Gasteiger partial charge is 0.254 e. The van der Waals surface area contributed by atoms with Crippen LogP contribution in [0.3, 0.4) is 0 Å². The monoisotopic (exact) mass is 312 g/mol. The molecule has 0 radical (unpaired) electrons. The first-order chi connectivity index (χ1) is 8.39. The van der Waals surface area contributed by atoms with E-state index < -0.39 is 0 Å². The Labute approximate surface area is 115 Å². The predicted octanol–water partition coefficient (Wildman–Crippen LogP) is 2.95. The van der Waals surface area contributed by atoms with Crippen LogP contribution in [0.2, 0.25) is 0 Å². The van der Waals surface area contributed by atoms with Gasteiger partial charge in [-0.2, -0.15) is 5.26 Å². The topological polar surface area (TPSA) is 55.0 Å². The summed E-state index contributed by atoms with van der Waals surface area (Å²) in [6.07, 6.45) is 3.28. The number of hydrogen-bond acceptors (Lipinski definition) is 3. The molecule has 0 saturated carbocycles. The third-order valence-corrected chi connectivity index (χ3v) is 3.36. The van der Waals surface area contributed by atoms with Crippen LogP contribution in [0, 0.1) is 16.7 Å². The van der Waals surface area contributed by atoms with Gasteiger partial charge in [-0.1, -0.05) is 0 Å².